The second kappa shape index (κ2) is 8.26. The molecule has 0 unspecified atom stereocenters. The van der Waals surface area contributed by atoms with Crippen molar-refractivity contribution in [3.63, 3.8) is 0 Å². The minimum absolute atomic E-state index is 0.00481. The largest absolute Gasteiger partial charge is 0.435 e. The van der Waals surface area contributed by atoms with Crippen molar-refractivity contribution in [1.82, 2.24) is 10.9 Å². The number of alkyl halides is 2. The first-order chi connectivity index (χ1) is 11.4. The summed E-state index contributed by atoms with van der Waals surface area (Å²) in [5.74, 6) is -0.939. The third-order valence-electron chi connectivity index (χ3n) is 2.94. The van der Waals surface area contributed by atoms with Crippen LogP contribution in [0.1, 0.15) is 15.9 Å². The van der Waals surface area contributed by atoms with Crippen molar-refractivity contribution in [1.29, 1.82) is 0 Å². The van der Waals surface area contributed by atoms with Gasteiger partial charge < -0.3 is 4.74 Å². The van der Waals surface area contributed by atoms with Gasteiger partial charge in [-0.05, 0) is 42.0 Å². The molecular formula is C16H13ClF2N2O3. The first-order valence-electron chi connectivity index (χ1n) is 6.82. The van der Waals surface area contributed by atoms with E-state index in [1.807, 2.05) is 0 Å². The third kappa shape index (κ3) is 5.51. The molecule has 0 aliphatic carbocycles. The van der Waals surface area contributed by atoms with Gasteiger partial charge in [0.05, 0.1) is 6.42 Å². The van der Waals surface area contributed by atoms with E-state index in [9.17, 15) is 18.4 Å². The van der Waals surface area contributed by atoms with Gasteiger partial charge in [-0.25, -0.2) is 0 Å². The molecule has 0 heterocycles. The Morgan fingerprint density at radius 1 is 1.00 bits per heavy atom. The van der Waals surface area contributed by atoms with Crippen LogP contribution in [0.2, 0.25) is 5.02 Å². The summed E-state index contributed by atoms with van der Waals surface area (Å²) in [6.45, 7) is -2.90. The maximum Gasteiger partial charge on any atom is 0.387 e. The lowest BCUT2D eigenvalue weighted by Crippen LogP contribution is -2.42. The maximum absolute atomic E-state index is 12.0. The molecule has 2 amide bonds. The minimum Gasteiger partial charge on any atom is -0.435 e. The summed E-state index contributed by atoms with van der Waals surface area (Å²) < 4.78 is 28.3. The van der Waals surface area contributed by atoms with E-state index < -0.39 is 18.4 Å². The van der Waals surface area contributed by atoms with Crippen LogP contribution in [0.4, 0.5) is 8.78 Å². The van der Waals surface area contributed by atoms with E-state index >= 15 is 0 Å². The van der Waals surface area contributed by atoms with Crippen LogP contribution in [0.15, 0.2) is 48.5 Å². The predicted octanol–water partition coefficient (Wildman–Crippen LogP) is 2.95. The highest BCUT2D eigenvalue weighted by molar-refractivity contribution is 6.30. The van der Waals surface area contributed by atoms with E-state index in [2.05, 4.69) is 15.6 Å². The topological polar surface area (TPSA) is 67.4 Å². The van der Waals surface area contributed by atoms with Crippen LogP contribution in [-0.2, 0) is 11.2 Å². The van der Waals surface area contributed by atoms with Crippen LogP contribution in [-0.4, -0.2) is 18.4 Å². The standard InChI is InChI=1S/C16H13ClF2N2O3/c17-12-5-3-11(4-6-12)15(23)21-20-14(22)9-10-1-7-13(8-2-10)24-16(18)19/h1-8,16H,9H2,(H,20,22)(H,21,23). The molecule has 8 heteroatoms. The molecule has 0 bridgehead atoms. The molecule has 5 nitrogen and oxygen atoms in total. The summed E-state index contributed by atoms with van der Waals surface area (Å²) in [5.41, 5.74) is 5.46. The summed E-state index contributed by atoms with van der Waals surface area (Å²) in [4.78, 5) is 23.6. The minimum atomic E-state index is -2.90. The van der Waals surface area contributed by atoms with Gasteiger partial charge in [-0.3, -0.25) is 20.4 Å². The first kappa shape index (κ1) is 17.7. The van der Waals surface area contributed by atoms with Gasteiger partial charge in [0.2, 0.25) is 5.91 Å². The van der Waals surface area contributed by atoms with Crippen LogP contribution in [0, 0.1) is 0 Å². The van der Waals surface area contributed by atoms with Crippen molar-refractivity contribution >= 4 is 23.4 Å². The Bertz CT molecular complexity index is 706. The Morgan fingerprint density at radius 3 is 2.21 bits per heavy atom. The molecule has 126 valence electrons. The summed E-state index contributed by atoms with van der Waals surface area (Å²) in [6.07, 6.45) is -0.0319. The predicted molar refractivity (Wildman–Crippen MR) is 83.8 cm³/mol. The summed E-state index contributed by atoms with van der Waals surface area (Å²) in [5, 5.41) is 0.495. The van der Waals surface area contributed by atoms with Crippen LogP contribution < -0.4 is 15.6 Å². The SMILES string of the molecule is O=C(Cc1ccc(OC(F)F)cc1)NNC(=O)c1ccc(Cl)cc1. The smallest absolute Gasteiger partial charge is 0.387 e. The van der Waals surface area contributed by atoms with Crippen molar-refractivity contribution in [2.75, 3.05) is 0 Å². The number of rotatable bonds is 5. The molecule has 2 rings (SSSR count). The molecule has 0 aliphatic heterocycles. The van der Waals surface area contributed by atoms with Crippen molar-refractivity contribution in [3.05, 3.63) is 64.7 Å². The van der Waals surface area contributed by atoms with E-state index in [1.165, 1.54) is 36.4 Å². The molecule has 0 aromatic heterocycles. The van der Waals surface area contributed by atoms with E-state index in [0.717, 1.165) is 0 Å². The quantitative estimate of drug-likeness (QED) is 0.811. The molecule has 24 heavy (non-hydrogen) atoms. The van der Waals surface area contributed by atoms with Crippen LogP contribution in [0.3, 0.4) is 0 Å². The van der Waals surface area contributed by atoms with Crippen molar-refractivity contribution < 1.29 is 23.1 Å². The zero-order valence-corrected chi connectivity index (χ0v) is 13.0. The maximum atomic E-state index is 12.0. The number of hydrogen-bond donors (Lipinski definition) is 2. The highest BCUT2D eigenvalue weighted by Gasteiger charge is 2.09. The molecule has 0 aliphatic rings. The molecule has 2 aromatic rings. The summed E-state index contributed by atoms with van der Waals surface area (Å²) in [7, 11) is 0. The number of nitrogens with one attached hydrogen (secondary N) is 2. The number of hydrogen-bond acceptors (Lipinski definition) is 3. The Labute approximate surface area is 141 Å². The van der Waals surface area contributed by atoms with Gasteiger partial charge in [0, 0.05) is 10.6 Å². The number of carbonyl (C=O) groups is 2. The second-order valence-electron chi connectivity index (χ2n) is 4.71. The summed E-state index contributed by atoms with van der Waals surface area (Å²) in [6, 6.07) is 11.8. The van der Waals surface area contributed by atoms with Gasteiger partial charge in [-0.15, -0.1) is 0 Å². The zero-order valence-electron chi connectivity index (χ0n) is 12.3. The Morgan fingerprint density at radius 2 is 1.62 bits per heavy atom. The Hall–Kier alpha value is -2.67. The molecule has 0 saturated carbocycles. The van der Waals surface area contributed by atoms with E-state index in [4.69, 9.17) is 11.6 Å². The monoisotopic (exact) mass is 354 g/mol. The molecule has 2 N–H and O–H groups in total. The van der Waals surface area contributed by atoms with Crippen LogP contribution in [0.5, 0.6) is 5.75 Å². The van der Waals surface area contributed by atoms with Crippen molar-refractivity contribution in [2.45, 2.75) is 13.0 Å². The molecule has 0 fully saturated rings. The number of halogens is 3. The highest BCUT2D eigenvalue weighted by Crippen LogP contribution is 2.15. The molecule has 0 spiro atoms. The average molecular weight is 355 g/mol. The van der Waals surface area contributed by atoms with Crippen molar-refractivity contribution in [2.24, 2.45) is 0 Å². The van der Waals surface area contributed by atoms with Gasteiger partial charge in [-0.2, -0.15) is 8.78 Å². The van der Waals surface area contributed by atoms with Crippen LogP contribution in [0.25, 0.3) is 0 Å². The fraction of sp³-hybridized carbons (Fsp3) is 0.125. The molecular weight excluding hydrogens is 342 g/mol. The normalized spacial score (nSPS) is 10.3. The van der Waals surface area contributed by atoms with Gasteiger partial charge in [0.1, 0.15) is 5.75 Å². The fourth-order valence-corrected chi connectivity index (χ4v) is 1.94. The van der Waals surface area contributed by atoms with E-state index in [0.29, 0.717) is 16.1 Å². The number of carbonyl (C=O) groups excluding carboxylic acids is 2. The number of amides is 2. The Balaban J connectivity index is 1.82. The molecule has 0 saturated heterocycles. The summed E-state index contributed by atoms with van der Waals surface area (Å²) >= 11 is 5.72. The van der Waals surface area contributed by atoms with E-state index in [-0.39, 0.29) is 12.2 Å². The lowest BCUT2D eigenvalue weighted by Gasteiger charge is -2.08. The molecule has 0 radical (unpaired) electrons. The second-order valence-corrected chi connectivity index (χ2v) is 5.14. The van der Waals surface area contributed by atoms with Crippen LogP contribution >= 0.6 is 11.6 Å². The van der Waals surface area contributed by atoms with Crippen molar-refractivity contribution in [3.8, 4) is 5.75 Å². The third-order valence-corrected chi connectivity index (χ3v) is 3.19. The fourth-order valence-electron chi connectivity index (χ4n) is 1.82. The first-order valence-corrected chi connectivity index (χ1v) is 7.20. The molecule has 2 aromatic carbocycles. The Kier molecular flexibility index (Phi) is 6.08. The average Bonchev–Trinajstić information content (AvgIpc) is 2.54. The van der Waals surface area contributed by atoms with E-state index in [1.54, 1.807) is 12.1 Å². The number of hydrazine groups is 1. The number of benzene rings is 2. The van der Waals surface area contributed by atoms with Gasteiger partial charge in [-0.1, -0.05) is 23.7 Å². The van der Waals surface area contributed by atoms with Gasteiger partial charge >= 0.3 is 6.61 Å². The number of ether oxygens (including phenoxy) is 1. The lowest BCUT2D eigenvalue weighted by molar-refractivity contribution is -0.121. The highest BCUT2D eigenvalue weighted by atomic mass is 35.5. The lowest BCUT2D eigenvalue weighted by atomic mass is 10.1. The molecule has 0 atom stereocenters. The zero-order chi connectivity index (χ0) is 17.5. The van der Waals surface area contributed by atoms with Gasteiger partial charge in [0.15, 0.2) is 0 Å². The van der Waals surface area contributed by atoms with Gasteiger partial charge in [0.25, 0.3) is 5.91 Å².